The van der Waals surface area contributed by atoms with Crippen LogP contribution in [0, 0.1) is 20.8 Å². The van der Waals surface area contributed by atoms with Crippen molar-refractivity contribution in [2.45, 2.75) is 20.8 Å². The number of anilines is 1. The Labute approximate surface area is 133 Å². The van der Waals surface area contributed by atoms with Crippen LogP contribution in [0.3, 0.4) is 0 Å². The average Bonchev–Trinajstić information content (AvgIpc) is 2.88. The number of rotatable bonds is 3. The van der Waals surface area contributed by atoms with Gasteiger partial charge in [-0.25, -0.2) is 5.43 Å². The van der Waals surface area contributed by atoms with Crippen LogP contribution in [0.2, 0.25) is 0 Å². The molecule has 0 unspecified atom stereocenters. The van der Waals surface area contributed by atoms with Crippen molar-refractivity contribution in [2.75, 3.05) is 5.32 Å². The molecule has 2 aromatic rings. The molecule has 0 atom stereocenters. The highest BCUT2D eigenvalue weighted by Crippen LogP contribution is 2.14. The van der Waals surface area contributed by atoms with Crippen LogP contribution in [0.1, 0.15) is 21.6 Å². The van der Waals surface area contributed by atoms with Gasteiger partial charge >= 0.3 is 11.8 Å². The van der Waals surface area contributed by atoms with E-state index in [1.165, 1.54) is 17.6 Å². The molecule has 0 aliphatic carbocycles. The number of aryl methyl sites for hydroxylation is 3. The van der Waals surface area contributed by atoms with E-state index in [1.807, 2.05) is 44.4 Å². The summed E-state index contributed by atoms with van der Waals surface area (Å²) in [5.74, 6) is -1.55. The van der Waals surface area contributed by atoms with Crippen LogP contribution in [0.25, 0.3) is 0 Å². The van der Waals surface area contributed by atoms with Gasteiger partial charge in [0.1, 0.15) is 0 Å². The minimum absolute atomic E-state index is 0.585. The third kappa shape index (κ3) is 4.02. The molecule has 0 fully saturated rings. The Kier molecular flexibility index (Phi) is 5.06. The Balaban J connectivity index is 1.92. The molecule has 5 nitrogen and oxygen atoms in total. The highest BCUT2D eigenvalue weighted by molar-refractivity contribution is 7.11. The lowest BCUT2D eigenvalue weighted by atomic mass is 10.1. The topological polar surface area (TPSA) is 70.6 Å². The minimum Gasteiger partial charge on any atom is -0.318 e. The molecule has 2 amide bonds. The summed E-state index contributed by atoms with van der Waals surface area (Å²) in [6.07, 6.45) is 1.53. The van der Waals surface area contributed by atoms with E-state index in [1.54, 1.807) is 6.07 Å². The van der Waals surface area contributed by atoms with Crippen molar-refractivity contribution in [3.05, 3.63) is 51.2 Å². The van der Waals surface area contributed by atoms with Gasteiger partial charge in [-0.1, -0.05) is 6.07 Å². The summed E-state index contributed by atoms with van der Waals surface area (Å²) in [7, 11) is 0. The first-order chi connectivity index (χ1) is 10.5. The van der Waals surface area contributed by atoms with Crippen molar-refractivity contribution < 1.29 is 9.59 Å². The second-order valence-corrected chi connectivity index (χ2v) is 5.87. The number of nitrogens with one attached hydrogen (secondary N) is 2. The van der Waals surface area contributed by atoms with Gasteiger partial charge in [0, 0.05) is 10.6 Å². The first kappa shape index (κ1) is 15.9. The predicted octanol–water partition coefficient (Wildman–Crippen LogP) is 2.76. The molecule has 114 valence electrons. The standard InChI is InChI=1S/C16H17N3O2S/c1-10-4-5-13(8-12(10)3)18-15(20)16(21)19-17-9-14-11(2)6-7-22-14/h4-9H,1-3H3,(H,18,20)(H,19,21)/b17-9-. The monoisotopic (exact) mass is 315 g/mol. The van der Waals surface area contributed by atoms with Gasteiger partial charge in [0.15, 0.2) is 0 Å². The third-order valence-corrected chi connectivity index (χ3v) is 4.17. The van der Waals surface area contributed by atoms with Crippen LogP contribution in [0.15, 0.2) is 34.7 Å². The molecule has 1 heterocycles. The normalized spacial score (nSPS) is 10.7. The smallest absolute Gasteiger partial charge is 0.318 e. The van der Waals surface area contributed by atoms with Crippen LogP contribution in [0.4, 0.5) is 5.69 Å². The molecule has 0 spiro atoms. The van der Waals surface area contributed by atoms with Crippen LogP contribution in [-0.2, 0) is 9.59 Å². The lowest BCUT2D eigenvalue weighted by Gasteiger charge is -2.06. The largest absolute Gasteiger partial charge is 0.329 e. The van der Waals surface area contributed by atoms with Gasteiger partial charge in [0.25, 0.3) is 0 Å². The number of benzene rings is 1. The van der Waals surface area contributed by atoms with E-state index in [2.05, 4.69) is 15.8 Å². The fourth-order valence-electron chi connectivity index (χ4n) is 1.72. The van der Waals surface area contributed by atoms with E-state index >= 15 is 0 Å². The molecule has 1 aromatic carbocycles. The Morgan fingerprint density at radius 1 is 1.05 bits per heavy atom. The second kappa shape index (κ2) is 7.00. The lowest BCUT2D eigenvalue weighted by molar-refractivity contribution is -0.136. The van der Waals surface area contributed by atoms with Gasteiger partial charge in [-0.3, -0.25) is 9.59 Å². The van der Waals surface area contributed by atoms with Crippen LogP contribution in [0.5, 0.6) is 0 Å². The summed E-state index contributed by atoms with van der Waals surface area (Å²) in [6.45, 7) is 5.87. The fourth-order valence-corrected chi connectivity index (χ4v) is 2.51. The third-order valence-electron chi connectivity index (χ3n) is 3.22. The number of hydrogen-bond donors (Lipinski definition) is 2. The predicted molar refractivity (Wildman–Crippen MR) is 89.3 cm³/mol. The molecule has 0 radical (unpaired) electrons. The summed E-state index contributed by atoms with van der Waals surface area (Å²) in [5.41, 5.74) is 6.04. The SMILES string of the molecule is Cc1ccc(NC(=O)C(=O)N/N=C\c2sccc2C)cc1C. The van der Waals surface area contributed by atoms with Gasteiger partial charge in [-0.15, -0.1) is 11.3 Å². The highest BCUT2D eigenvalue weighted by Gasteiger charge is 2.13. The van der Waals surface area contributed by atoms with Crippen molar-refractivity contribution in [3.8, 4) is 0 Å². The summed E-state index contributed by atoms with van der Waals surface area (Å²) in [4.78, 5) is 24.4. The first-order valence-electron chi connectivity index (χ1n) is 6.73. The molecule has 0 saturated heterocycles. The molecule has 0 aliphatic rings. The van der Waals surface area contributed by atoms with E-state index in [0.29, 0.717) is 5.69 Å². The fraction of sp³-hybridized carbons (Fsp3) is 0.188. The summed E-state index contributed by atoms with van der Waals surface area (Å²) < 4.78 is 0. The molecular weight excluding hydrogens is 298 g/mol. The Morgan fingerprint density at radius 3 is 2.45 bits per heavy atom. The Hall–Kier alpha value is -2.47. The minimum atomic E-state index is -0.802. The van der Waals surface area contributed by atoms with Gasteiger partial charge in [-0.05, 0) is 61.0 Å². The molecule has 0 saturated carbocycles. The van der Waals surface area contributed by atoms with E-state index < -0.39 is 11.8 Å². The lowest BCUT2D eigenvalue weighted by Crippen LogP contribution is -2.32. The van der Waals surface area contributed by atoms with Gasteiger partial charge in [-0.2, -0.15) is 5.10 Å². The number of amides is 2. The van der Waals surface area contributed by atoms with Gasteiger partial charge in [0.05, 0.1) is 6.21 Å². The molecule has 0 bridgehead atoms. The van der Waals surface area contributed by atoms with Crippen molar-refractivity contribution in [3.63, 3.8) is 0 Å². The molecule has 2 N–H and O–H groups in total. The number of carbonyl (C=O) groups excluding carboxylic acids is 2. The number of carbonyl (C=O) groups is 2. The maximum Gasteiger partial charge on any atom is 0.329 e. The number of hydrogen-bond acceptors (Lipinski definition) is 4. The summed E-state index contributed by atoms with van der Waals surface area (Å²) in [5, 5.41) is 8.27. The zero-order valence-electron chi connectivity index (χ0n) is 12.6. The van der Waals surface area contributed by atoms with E-state index in [9.17, 15) is 9.59 Å². The van der Waals surface area contributed by atoms with Crippen LogP contribution < -0.4 is 10.7 Å². The van der Waals surface area contributed by atoms with Crippen molar-refractivity contribution >= 4 is 35.1 Å². The van der Waals surface area contributed by atoms with E-state index in [0.717, 1.165) is 21.6 Å². The second-order valence-electron chi connectivity index (χ2n) is 4.92. The zero-order chi connectivity index (χ0) is 16.1. The average molecular weight is 315 g/mol. The maximum absolute atomic E-state index is 11.8. The Morgan fingerprint density at radius 2 is 1.82 bits per heavy atom. The van der Waals surface area contributed by atoms with Crippen molar-refractivity contribution in [1.82, 2.24) is 5.43 Å². The number of thiophene rings is 1. The molecule has 1 aromatic heterocycles. The van der Waals surface area contributed by atoms with Gasteiger partial charge < -0.3 is 5.32 Å². The summed E-state index contributed by atoms with van der Waals surface area (Å²) >= 11 is 1.51. The van der Waals surface area contributed by atoms with Crippen LogP contribution in [-0.4, -0.2) is 18.0 Å². The molecule has 0 aliphatic heterocycles. The van der Waals surface area contributed by atoms with Crippen molar-refractivity contribution in [2.24, 2.45) is 5.10 Å². The van der Waals surface area contributed by atoms with E-state index in [-0.39, 0.29) is 0 Å². The van der Waals surface area contributed by atoms with Crippen molar-refractivity contribution in [1.29, 1.82) is 0 Å². The maximum atomic E-state index is 11.8. The number of nitrogens with zero attached hydrogens (tertiary/aromatic N) is 1. The van der Waals surface area contributed by atoms with Gasteiger partial charge in [0.2, 0.25) is 0 Å². The Bertz CT molecular complexity index is 735. The molecule has 6 heteroatoms. The molecule has 22 heavy (non-hydrogen) atoms. The van der Waals surface area contributed by atoms with Crippen LogP contribution >= 0.6 is 11.3 Å². The first-order valence-corrected chi connectivity index (χ1v) is 7.61. The number of hydrazone groups is 1. The highest BCUT2D eigenvalue weighted by atomic mass is 32.1. The quantitative estimate of drug-likeness (QED) is 0.519. The zero-order valence-corrected chi connectivity index (χ0v) is 13.5. The molecular formula is C16H17N3O2S. The molecule has 2 rings (SSSR count). The summed E-state index contributed by atoms with van der Waals surface area (Å²) in [6, 6.07) is 7.42. The van der Waals surface area contributed by atoms with E-state index in [4.69, 9.17) is 0 Å².